The molecule has 1 aliphatic carbocycles. The quantitative estimate of drug-likeness (QED) is 0.201. The first kappa shape index (κ1) is 22.7. The van der Waals surface area contributed by atoms with Gasteiger partial charge in [-0.3, -0.25) is 4.40 Å². The molecule has 11 rings (SSSR count). The van der Waals surface area contributed by atoms with Crippen molar-refractivity contribution in [2.75, 3.05) is 10.6 Å². The lowest BCUT2D eigenvalue weighted by molar-refractivity contribution is 0.760. The smallest absolute Gasteiger partial charge is 0.136 e. The third-order valence-electron chi connectivity index (χ3n) is 9.56. The van der Waals surface area contributed by atoms with Crippen LogP contribution in [0.4, 0.5) is 11.5 Å². The number of allylic oxidation sites excluding steroid dienone is 2. The minimum absolute atomic E-state index is 0.209. The van der Waals surface area contributed by atoms with E-state index in [4.69, 9.17) is 0 Å². The molecule has 4 aromatic heterocycles. The van der Waals surface area contributed by atoms with E-state index in [1.165, 1.54) is 84.4 Å². The maximum absolute atomic E-state index is 3.95. The number of hydrogen-bond donors (Lipinski definition) is 2. The number of hydrogen-bond acceptors (Lipinski definition) is 4. The van der Waals surface area contributed by atoms with Gasteiger partial charge in [0.15, 0.2) is 0 Å². The average molecular weight is 586 g/mol. The molecule has 0 spiro atoms. The topological polar surface area (TPSA) is 28.5 Å². The fraction of sp³-hybridized carbons (Fsp3) is 0.0526. The van der Waals surface area contributed by atoms with Gasteiger partial charge in [0, 0.05) is 51.8 Å². The molecule has 9 aromatic rings. The molecule has 0 fully saturated rings. The summed E-state index contributed by atoms with van der Waals surface area (Å²) in [5.74, 6) is 1.16. The molecule has 5 aromatic carbocycles. The van der Waals surface area contributed by atoms with Crippen molar-refractivity contribution >= 4 is 102 Å². The number of rotatable bonds is 1. The largest absolute Gasteiger partial charge is 0.373 e. The first-order valence-electron chi connectivity index (χ1n) is 14.8. The molecule has 2 unspecified atom stereocenters. The van der Waals surface area contributed by atoms with E-state index in [2.05, 4.69) is 130 Å². The molecule has 2 aliphatic rings. The summed E-state index contributed by atoms with van der Waals surface area (Å²) in [6.45, 7) is 0. The lowest BCUT2D eigenvalue weighted by atomic mass is 9.97. The Balaban J connectivity index is 1.27. The van der Waals surface area contributed by atoms with Crippen molar-refractivity contribution in [3.63, 3.8) is 0 Å². The predicted molar refractivity (Wildman–Crippen MR) is 188 cm³/mol. The van der Waals surface area contributed by atoms with E-state index in [0.717, 1.165) is 5.82 Å². The summed E-state index contributed by atoms with van der Waals surface area (Å²) in [7, 11) is 0. The summed E-state index contributed by atoms with van der Waals surface area (Å²) in [6, 6.07) is 34.5. The van der Waals surface area contributed by atoms with Gasteiger partial charge in [-0.25, -0.2) is 0 Å². The molecule has 5 heterocycles. The van der Waals surface area contributed by atoms with Crippen LogP contribution < -0.4 is 10.6 Å². The van der Waals surface area contributed by atoms with Crippen molar-refractivity contribution in [2.45, 2.75) is 12.1 Å². The Morgan fingerprint density at radius 1 is 0.512 bits per heavy atom. The molecule has 1 aliphatic heterocycles. The molecular weight excluding hydrogens is 563 g/mol. The van der Waals surface area contributed by atoms with Crippen LogP contribution in [-0.2, 0) is 0 Å². The zero-order chi connectivity index (χ0) is 27.8. The first-order chi connectivity index (χ1) is 21.3. The lowest BCUT2D eigenvalue weighted by Gasteiger charge is -2.33. The van der Waals surface area contributed by atoms with Crippen LogP contribution in [0.25, 0.3) is 78.7 Å². The fourth-order valence-electron chi connectivity index (χ4n) is 7.62. The zero-order valence-electron chi connectivity index (χ0n) is 22.9. The van der Waals surface area contributed by atoms with Crippen LogP contribution in [0.1, 0.15) is 0 Å². The highest BCUT2D eigenvalue weighted by molar-refractivity contribution is 7.26. The Bertz CT molecular complexity index is 2700. The van der Waals surface area contributed by atoms with Crippen LogP contribution in [-0.4, -0.2) is 16.5 Å². The molecule has 5 heteroatoms. The van der Waals surface area contributed by atoms with Gasteiger partial charge >= 0.3 is 0 Å². The van der Waals surface area contributed by atoms with Crippen molar-refractivity contribution < 1.29 is 0 Å². The molecule has 3 nitrogen and oxygen atoms in total. The van der Waals surface area contributed by atoms with Crippen LogP contribution in [0.2, 0.25) is 0 Å². The van der Waals surface area contributed by atoms with Crippen LogP contribution >= 0.6 is 22.7 Å². The maximum Gasteiger partial charge on any atom is 0.136 e. The zero-order valence-corrected chi connectivity index (χ0v) is 24.5. The van der Waals surface area contributed by atoms with Crippen molar-refractivity contribution in [3.05, 3.63) is 115 Å². The molecule has 2 N–H and O–H groups in total. The van der Waals surface area contributed by atoms with E-state index < -0.39 is 0 Å². The molecular formula is C38H23N3S2. The van der Waals surface area contributed by atoms with Crippen molar-refractivity contribution in [2.24, 2.45) is 0 Å². The van der Waals surface area contributed by atoms with E-state index in [1.807, 2.05) is 22.7 Å². The lowest BCUT2D eigenvalue weighted by Crippen LogP contribution is -2.41. The monoisotopic (exact) mass is 585 g/mol. The molecule has 0 amide bonds. The average Bonchev–Trinajstić information content (AvgIpc) is 3.79. The van der Waals surface area contributed by atoms with Gasteiger partial charge in [0.1, 0.15) is 5.82 Å². The van der Waals surface area contributed by atoms with Gasteiger partial charge in [0.2, 0.25) is 0 Å². The standard InChI is InChI=1S/C38H23N3S2/c1-6-12-32-22(7-1)25-15-14-24-27-18-21(20-13-16-33-26(17-20)23-8-2-5-11-31(23)42-33)19-28-34-38(40-30-10-4-3-9-29(30)39-34)41(35(27)28)36(24)37(25)43-32/h1-19,29-30,39-40H. The van der Waals surface area contributed by atoms with Gasteiger partial charge in [0.25, 0.3) is 0 Å². The molecule has 0 bridgehead atoms. The van der Waals surface area contributed by atoms with E-state index >= 15 is 0 Å². The SMILES string of the molecule is C1=CC2Nc3c(n4c5c3cc(-c3ccc6sc7ccccc7c6c3)cc5c3ccc5c6ccccc6sc5c34)NC2C=C1. The van der Waals surface area contributed by atoms with Gasteiger partial charge in [-0.1, -0.05) is 78.9 Å². The highest BCUT2D eigenvalue weighted by Crippen LogP contribution is 2.50. The van der Waals surface area contributed by atoms with Crippen molar-refractivity contribution in [3.8, 4) is 11.1 Å². The van der Waals surface area contributed by atoms with E-state index in [9.17, 15) is 0 Å². The van der Waals surface area contributed by atoms with Crippen molar-refractivity contribution in [1.82, 2.24) is 4.40 Å². The molecule has 2 atom stereocenters. The van der Waals surface area contributed by atoms with Crippen LogP contribution in [0.3, 0.4) is 0 Å². The van der Waals surface area contributed by atoms with Crippen LogP contribution in [0, 0.1) is 0 Å². The normalized spacial score (nSPS) is 18.0. The number of benzene rings is 5. The molecule has 0 radical (unpaired) electrons. The number of nitrogens with one attached hydrogen (secondary N) is 2. The molecule has 0 saturated carbocycles. The molecule has 43 heavy (non-hydrogen) atoms. The number of fused-ring (bicyclic) bond motifs is 14. The van der Waals surface area contributed by atoms with Crippen molar-refractivity contribution in [1.29, 1.82) is 0 Å². The summed E-state index contributed by atoms with van der Waals surface area (Å²) in [5, 5.41) is 17.1. The Hall–Kier alpha value is -4.84. The Morgan fingerprint density at radius 3 is 2.05 bits per heavy atom. The first-order valence-corrected chi connectivity index (χ1v) is 16.4. The predicted octanol–water partition coefficient (Wildman–Crippen LogP) is 10.8. The fourth-order valence-corrected chi connectivity index (χ4v) is 9.95. The van der Waals surface area contributed by atoms with Gasteiger partial charge in [-0.15, -0.1) is 22.7 Å². The summed E-state index contributed by atoms with van der Waals surface area (Å²) in [4.78, 5) is 0. The number of anilines is 2. The van der Waals surface area contributed by atoms with Gasteiger partial charge in [-0.2, -0.15) is 0 Å². The summed E-state index contributed by atoms with van der Waals surface area (Å²) >= 11 is 3.79. The van der Waals surface area contributed by atoms with Gasteiger partial charge < -0.3 is 10.6 Å². The highest BCUT2D eigenvalue weighted by atomic mass is 32.1. The summed E-state index contributed by atoms with van der Waals surface area (Å²) in [5.41, 5.74) is 6.31. The third kappa shape index (κ3) is 2.89. The Morgan fingerprint density at radius 2 is 1.19 bits per heavy atom. The maximum atomic E-state index is 3.95. The van der Waals surface area contributed by atoms with E-state index in [0.29, 0.717) is 0 Å². The van der Waals surface area contributed by atoms with Crippen LogP contribution in [0.5, 0.6) is 0 Å². The highest BCUT2D eigenvalue weighted by Gasteiger charge is 2.32. The van der Waals surface area contributed by atoms with Crippen LogP contribution in [0.15, 0.2) is 115 Å². The summed E-state index contributed by atoms with van der Waals surface area (Å²) < 4.78 is 7.89. The second-order valence-electron chi connectivity index (χ2n) is 11.8. The van der Waals surface area contributed by atoms with E-state index in [-0.39, 0.29) is 12.1 Å². The Labute approximate surface area is 254 Å². The minimum Gasteiger partial charge on any atom is -0.373 e. The number of nitrogens with zero attached hydrogens (tertiary/aromatic N) is 1. The summed E-state index contributed by atoms with van der Waals surface area (Å²) in [6.07, 6.45) is 8.85. The second-order valence-corrected chi connectivity index (χ2v) is 14.0. The third-order valence-corrected chi connectivity index (χ3v) is 11.9. The van der Waals surface area contributed by atoms with Gasteiger partial charge in [0.05, 0.1) is 33.5 Å². The Kier molecular flexibility index (Phi) is 4.20. The second kappa shape index (κ2) is 7.95. The molecule has 202 valence electrons. The van der Waals surface area contributed by atoms with E-state index in [1.54, 1.807) is 0 Å². The minimum atomic E-state index is 0.209. The number of thiophene rings is 2. The van der Waals surface area contributed by atoms with Gasteiger partial charge in [-0.05, 0) is 47.5 Å². The molecule has 0 saturated heterocycles. The number of aromatic nitrogens is 1.